The first-order chi connectivity index (χ1) is 8.77. The van der Waals surface area contributed by atoms with E-state index in [1.165, 1.54) is 11.3 Å². The Morgan fingerprint density at radius 3 is 2.72 bits per heavy atom. The van der Waals surface area contributed by atoms with Crippen LogP contribution in [0, 0.1) is 0 Å². The molecule has 0 saturated heterocycles. The highest BCUT2D eigenvalue weighted by atomic mass is 16.5. The molecule has 0 fully saturated rings. The highest BCUT2D eigenvalue weighted by molar-refractivity contribution is 5.50. The van der Waals surface area contributed by atoms with E-state index in [9.17, 15) is 0 Å². The van der Waals surface area contributed by atoms with Gasteiger partial charge in [-0.3, -0.25) is 0 Å². The zero-order valence-corrected chi connectivity index (χ0v) is 11.7. The molecular formula is C14H25N3O. The van der Waals surface area contributed by atoms with Crippen molar-refractivity contribution in [3.63, 3.8) is 0 Å². The molecular weight excluding hydrogens is 226 g/mol. The first-order valence-electron chi connectivity index (χ1n) is 6.41. The van der Waals surface area contributed by atoms with E-state index < -0.39 is 0 Å². The molecule has 0 radical (unpaired) electrons. The fraction of sp³-hybridized carbons (Fsp3) is 0.571. The molecule has 0 aliphatic rings. The van der Waals surface area contributed by atoms with E-state index >= 15 is 0 Å². The van der Waals surface area contributed by atoms with Gasteiger partial charge in [0.05, 0.1) is 6.61 Å². The Balaban J connectivity index is 2.28. The summed E-state index contributed by atoms with van der Waals surface area (Å²) >= 11 is 0. The molecule has 0 spiro atoms. The maximum absolute atomic E-state index is 4.99. The van der Waals surface area contributed by atoms with Crippen molar-refractivity contribution in [1.29, 1.82) is 0 Å². The van der Waals surface area contributed by atoms with Crippen molar-refractivity contribution in [2.45, 2.75) is 6.54 Å². The van der Waals surface area contributed by atoms with Gasteiger partial charge in [0.15, 0.2) is 0 Å². The lowest BCUT2D eigenvalue weighted by Crippen LogP contribution is -2.30. The Morgan fingerprint density at radius 2 is 2.00 bits per heavy atom. The molecule has 0 atom stereocenters. The molecule has 0 aliphatic heterocycles. The summed E-state index contributed by atoms with van der Waals surface area (Å²) < 4.78 is 4.99. The van der Waals surface area contributed by atoms with Crippen LogP contribution in [0.1, 0.15) is 5.56 Å². The number of para-hydroxylation sites is 1. The quantitative estimate of drug-likeness (QED) is 0.650. The molecule has 0 amide bonds. The first-order valence-corrected chi connectivity index (χ1v) is 6.41. The molecule has 0 heterocycles. The van der Waals surface area contributed by atoms with Gasteiger partial charge in [0.1, 0.15) is 0 Å². The van der Waals surface area contributed by atoms with Crippen LogP contribution in [0.25, 0.3) is 0 Å². The lowest BCUT2D eigenvalue weighted by atomic mass is 10.1. The minimum absolute atomic E-state index is 0.770. The van der Waals surface area contributed by atoms with Crippen LogP contribution >= 0.6 is 0 Å². The number of ether oxygens (including phenoxy) is 1. The summed E-state index contributed by atoms with van der Waals surface area (Å²) in [5, 5.41) is 6.58. The summed E-state index contributed by atoms with van der Waals surface area (Å²) in [7, 11) is 5.83. The molecule has 0 bridgehead atoms. The number of likely N-dealkylation sites (N-methyl/N-ethyl adjacent to an activating group) is 1. The van der Waals surface area contributed by atoms with E-state index in [0.29, 0.717) is 0 Å². The number of nitrogens with one attached hydrogen (secondary N) is 2. The van der Waals surface area contributed by atoms with Crippen molar-refractivity contribution in [1.82, 2.24) is 10.2 Å². The maximum Gasteiger partial charge on any atom is 0.0587 e. The number of rotatable bonds is 9. The first kappa shape index (κ1) is 15.0. The molecule has 1 rings (SSSR count). The summed E-state index contributed by atoms with van der Waals surface area (Å²) in [6.45, 7) is 4.66. The van der Waals surface area contributed by atoms with Crippen LogP contribution in [0.5, 0.6) is 0 Å². The Kier molecular flexibility index (Phi) is 7.41. The highest BCUT2D eigenvalue weighted by Gasteiger charge is 2.03. The lowest BCUT2D eigenvalue weighted by Gasteiger charge is -2.19. The van der Waals surface area contributed by atoms with Crippen LogP contribution in [-0.2, 0) is 11.3 Å². The Bertz CT molecular complexity index is 331. The van der Waals surface area contributed by atoms with E-state index in [1.54, 1.807) is 7.11 Å². The largest absolute Gasteiger partial charge is 0.388 e. The third-order valence-corrected chi connectivity index (χ3v) is 2.88. The van der Waals surface area contributed by atoms with Crippen molar-refractivity contribution < 1.29 is 4.74 Å². The van der Waals surface area contributed by atoms with Crippen LogP contribution in [0.4, 0.5) is 5.69 Å². The SMILES string of the molecule is CNc1ccccc1CN(C)CCNCCOC. The predicted octanol–water partition coefficient (Wildman–Crippen LogP) is 1.40. The van der Waals surface area contributed by atoms with Gasteiger partial charge in [0.25, 0.3) is 0 Å². The predicted molar refractivity (Wildman–Crippen MR) is 77.1 cm³/mol. The summed E-state index contributed by atoms with van der Waals surface area (Å²) in [4.78, 5) is 2.32. The van der Waals surface area contributed by atoms with Gasteiger partial charge in [-0.05, 0) is 18.7 Å². The molecule has 1 aromatic carbocycles. The average molecular weight is 251 g/mol. The van der Waals surface area contributed by atoms with E-state index in [0.717, 1.165) is 32.8 Å². The topological polar surface area (TPSA) is 36.5 Å². The second-order valence-corrected chi connectivity index (χ2v) is 4.39. The van der Waals surface area contributed by atoms with Crippen LogP contribution in [-0.4, -0.2) is 52.3 Å². The van der Waals surface area contributed by atoms with Gasteiger partial charge in [-0.25, -0.2) is 0 Å². The Morgan fingerprint density at radius 1 is 1.22 bits per heavy atom. The molecule has 2 N–H and O–H groups in total. The fourth-order valence-corrected chi connectivity index (χ4v) is 1.84. The summed E-state index contributed by atoms with van der Waals surface area (Å²) in [6.07, 6.45) is 0. The van der Waals surface area contributed by atoms with E-state index in [-0.39, 0.29) is 0 Å². The van der Waals surface area contributed by atoms with Gasteiger partial charge in [-0.2, -0.15) is 0 Å². The smallest absolute Gasteiger partial charge is 0.0587 e. The van der Waals surface area contributed by atoms with Gasteiger partial charge in [0.2, 0.25) is 0 Å². The molecule has 4 heteroatoms. The molecule has 1 aromatic rings. The Hall–Kier alpha value is -1.10. The molecule has 102 valence electrons. The number of benzene rings is 1. The molecule has 0 unspecified atom stereocenters. The molecule has 0 saturated carbocycles. The van der Waals surface area contributed by atoms with Crippen LogP contribution in [0.2, 0.25) is 0 Å². The van der Waals surface area contributed by atoms with Gasteiger partial charge in [-0.1, -0.05) is 18.2 Å². The standard InChI is InChI=1S/C14H25N3O/c1-15-14-7-5-4-6-13(14)12-17(2)10-8-16-9-11-18-3/h4-7,15-16H,8-12H2,1-3H3. The van der Waals surface area contributed by atoms with Gasteiger partial charge in [0, 0.05) is 46.0 Å². The second-order valence-electron chi connectivity index (χ2n) is 4.39. The zero-order chi connectivity index (χ0) is 13.2. The molecule has 18 heavy (non-hydrogen) atoms. The second kappa shape index (κ2) is 8.91. The van der Waals surface area contributed by atoms with Crippen molar-refractivity contribution in [2.24, 2.45) is 0 Å². The van der Waals surface area contributed by atoms with Crippen molar-refractivity contribution in [3.8, 4) is 0 Å². The number of nitrogens with zero attached hydrogens (tertiary/aromatic N) is 1. The summed E-state index contributed by atoms with van der Waals surface area (Å²) in [5.41, 5.74) is 2.54. The number of methoxy groups -OCH3 is 1. The third kappa shape index (κ3) is 5.49. The lowest BCUT2D eigenvalue weighted by molar-refractivity contribution is 0.197. The minimum atomic E-state index is 0.770. The van der Waals surface area contributed by atoms with Gasteiger partial charge in [-0.15, -0.1) is 0 Å². The maximum atomic E-state index is 4.99. The van der Waals surface area contributed by atoms with Gasteiger partial charge < -0.3 is 20.3 Å². The Labute approximate surface area is 110 Å². The van der Waals surface area contributed by atoms with Crippen molar-refractivity contribution >= 4 is 5.69 Å². The molecule has 0 aliphatic carbocycles. The summed E-state index contributed by atoms with van der Waals surface area (Å²) in [5.74, 6) is 0. The van der Waals surface area contributed by atoms with Crippen molar-refractivity contribution in [2.75, 3.05) is 52.8 Å². The van der Waals surface area contributed by atoms with Crippen LogP contribution < -0.4 is 10.6 Å². The van der Waals surface area contributed by atoms with E-state index in [2.05, 4.69) is 46.8 Å². The fourth-order valence-electron chi connectivity index (χ4n) is 1.84. The number of anilines is 1. The molecule has 0 aromatic heterocycles. The minimum Gasteiger partial charge on any atom is -0.388 e. The van der Waals surface area contributed by atoms with Crippen LogP contribution in [0.15, 0.2) is 24.3 Å². The number of hydrogen-bond acceptors (Lipinski definition) is 4. The number of hydrogen-bond donors (Lipinski definition) is 2. The molecule has 4 nitrogen and oxygen atoms in total. The monoisotopic (exact) mass is 251 g/mol. The van der Waals surface area contributed by atoms with E-state index in [4.69, 9.17) is 4.74 Å². The third-order valence-electron chi connectivity index (χ3n) is 2.88. The van der Waals surface area contributed by atoms with E-state index in [1.807, 2.05) is 7.05 Å². The van der Waals surface area contributed by atoms with Crippen molar-refractivity contribution in [3.05, 3.63) is 29.8 Å². The van der Waals surface area contributed by atoms with Crippen LogP contribution in [0.3, 0.4) is 0 Å². The normalized spacial score (nSPS) is 10.9. The van der Waals surface area contributed by atoms with Gasteiger partial charge >= 0.3 is 0 Å². The average Bonchev–Trinajstić information content (AvgIpc) is 2.39. The highest BCUT2D eigenvalue weighted by Crippen LogP contribution is 2.15. The zero-order valence-electron chi connectivity index (χ0n) is 11.7. The summed E-state index contributed by atoms with van der Waals surface area (Å²) in [6, 6.07) is 8.42.